The van der Waals surface area contributed by atoms with E-state index in [-0.39, 0.29) is 9.92 Å². The zero-order valence-electron chi connectivity index (χ0n) is 14.0. The second-order valence-corrected chi connectivity index (χ2v) is 8.59. The molecular weight excluding hydrogens is 363 g/mol. The average Bonchev–Trinajstić information content (AvgIpc) is 2.55. The van der Waals surface area contributed by atoms with Crippen LogP contribution >= 0.6 is 11.6 Å². The van der Waals surface area contributed by atoms with Crippen molar-refractivity contribution in [2.45, 2.75) is 18.4 Å². The lowest BCUT2D eigenvalue weighted by atomic mass is 10.1. The van der Waals surface area contributed by atoms with Gasteiger partial charge in [0.15, 0.2) is 0 Å². The highest BCUT2D eigenvalue weighted by molar-refractivity contribution is 7.89. The maximum absolute atomic E-state index is 14.0. The van der Waals surface area contributed by atoms with E-state index in [4.69, 9.17) is 11.6 Å². The molecular formula is C18H20ClFN2O2S. The monoisotopic (exact) mass is 382 g/mol. The molecule has 4 nitrogen and oxygen atoms in total. The third-order valence-electron chi connectivity index (χ3n) is 4.33. The molecule has 0 aliphatic carbocycles. The maximum atomic E-state index is 14.0. The lowest BCUT2D eigenvalue weighted by Crippen LogP contribution is -2.48. The zero-order chi connectivity index (χ0) is 18.0. The van der Waals surface area contributed by atoms with Crippen LogP contribution in [0, 0.1) is 12.7 Å². The van der Waals surface area contributed by atoms with Crippen molar-refractivity contribution in [1.29, 1.82) is 0 Å². The van der Waals surface area contributed by atoms with Crippen molar-refractivity contribution < 1.29 is 12.8 Å². The van der Waals surface area contributed by atoms with E-state index in [1.54, 1.807) is 0 Å². The first-order chi connectivity index (χ1) is 11.9. The average molecular weight is 383 g/mol. The van der Waals surface area contributed by atoms with Gasteiger partial charge in [-0.15, -0.1) is 0 Å². The molecule has 0 spiro atoms. The van der Waals surface area contributed by atoms with Crippen LogP contribution in [0.1, 0.15) is 11.1 Å². The fourth-order valence-corrected chi connectivity index (χ4v) is 4.65. The minimum atomic E-state index is -3.84. The number of benzene rings is 2. The first-order valence-corrected chi connectivity index (χ1v) is 9.91. The molecule has 0 unspecified atom stereocenters. The van der Waals surface area contributed by atoms with Crippen LogP contribution in [0.15, 0.2) is 47.4 Å². The number of hydrogen-bond acceptors (Lipinski definition) is 3. The molecule has 1 aliphatic heterocycles. The molecule has 3 rings (SSSR count). The van der Waals surface area contributed by atoms with Gasteiger partial charge in [-0.05, 0) is 30.7 Å². The van der Waals surface area contributed by atoms with E-state index >= 15 is 0 Å². The molecule has 1 fully saturated rings. The van der Waals surface area contributed by atoms with Crippen molar-refractivity contribution in [2.75, 3.05) is 26.2 Å². The van der Waals surface area contributed by atoms with Gasteiger partial charge in [-0.25, -0.2) is 12.8 Å². The summed E-state index contributed by atoms with van der Waals surface area (Å²) in [6.45, 7) is 4.75. The Morgan fingerprint density at radius 3 is 2.44 bits per heavy atom. The third-order valence-corrected chi connectivity index (χ3v) is 6.50. The van der Waals surface area contributed by atoms with Crippen LogP contribution in [-0.2, 0) is 16.6 Å². The van der Waals surface area contributed by atoms with Gasteiger partial charge in [0.05, 0.1) is 0 Å². The molecule has 0 atom stereocenters. The number of piperazine rings is 1. The van der Waals surface area contributed by atoms with Crippen molar-refractivity contribution >= 4 is 21.6 Å². The number of sulfonamides is 1. The molecule has 0 amide bonds. The van der Waals surface area contributed by atoms with E-state index in [2.05, 4.69) is 30.0 Å². The Balaban J connectivity index is 1.67. The molecule has 1 heterocycles. The summed E-state index contributed by atoms with van der Waals surface area (Å²) in [6.07, 6.45) is 0. The number of aryl methyl sites for hydroxylation is 1. The van der Waals surface area contributed by atoms with Crippen LogP contribution in [-0.4, -0.2) is 43.8 Å². The topological polar surface area (TPSA) is 40.6 Å². The van der Waals surface area contributed by atoms with E-state index in [9.17, 15) is 12.8 Å². The van der Waals surface area contributed by atoms with Crippen molar-refractivity contribution in [3.63, 3.8) is 0 Å². The molecule has 0 saturated carbocycles. The molecule has 2 aromatic carbocycles. The van der Waals surface area contributed by atoms with Gasteiger partial charge in [-0.2, -0.15) is 4.31 Å². The Kier molecular flexibility index (Phi) is 5.43. The van der Waals surface area contributed by atoms with Crippen molar-refractivity contribution in [3.8, 4) is 0 Å². The van der Waals surface area contributed by atoms with Crippen LogP contribution in [0.2, 0.25) is 5.02 Å². The van der Waals surface area contributed by atoms with Crippen molar-refractivity contribution in [2.24, 2.45) is 0 Å². The highest BCUT2D eigenvalue weighted by atomic mass is 35.5. The maximum Gasteiger partial charge on any atom is 0.246 e. The molecule has 0 aromatic heterocycles. The highest BCUT2D eigenvalue weighted by Crippen LogP contribution is 2.23. The largest absolute Gasteiger partial charge is 0.296 e. The van der Waals surface area contributed by atoms with Gasteiger partial charge in [-0.3, -0.25) is 4.90 Å². The second kappa shape index (κ2) is 7.41. The molecule has 25 heavy (non-hydrogen) atoms. The number of nitrogens with zero attached hydrogens (tertiary/aromatic N) is 2. The minimum absolute atomic E-state index is 0.180. The molecule has 7 heteroatoms. The molecule has 134 valence electrons. The van der Waals surface area contributed by atoms with Gasteiger partial charge in [0.25, 0.3) is 0 Å². The number of halogens is 2. The van der Waals surface area contributed by atoms with E-state index in [1.807, 2.05) is 6.07 Å². The van der Waals surface area contributed by atoms with Crippen molar-refractivity contribution in [3.05, 3.63) is 64.4 Å². The van der Waals surface area contributed by atoms with E-state index in [0.717, 1.165) is 12.6 Å². The summed E-state index contributed by atoms with van der Waals surface area (Å²) in [5.41, 5.74) is 2.41. The van der Waals surface area contributed by atoms with Crippen LogP contribution in [0.5, 0.6) is 0 Å². The smallest absolute Gasteiger partial charge is 0.246 e. The fraction of sp³-hybridized carbons (Fsp3) is 0.333. The quantitative estimate of drug-likeness (QED) is 0.814. The molecule has 0 bridgehead atoms. The normalized spacial score (nSPS) is 16.9. The van der Waals surface area contributed by atoms with Crippen LogP contribution in [0.25, 0.3) is 0 Å². The molecule has 0 radical (unpaired) electrons. The molecule has 1 saturated heterocycles. The summed E-state index contributed by atoms with van der Waals surface area (Å²) in [6, 6.07) is 11.9. The van der Waals surface area contributed by atoms with Gasteiger partial charge in [-0.1, -0.05) is 41.4 Å². The second-order valence-electron chi connectivity index (χ2n) is 6.24. The third kappa shape index (κ3) is 4.20. The number of hydrogen-bond donors (Lipinski definition) is 0. The van der Waals surface area contributed by atoms with Gasteiger partial charge in [0.2, 0.25) is 10.0 Å². The van der Waals surface area contributed by atoms with Gasteiger partial charge >= 0.3 is 0 Å². The Morgan fingerprint density at radius 1 is 1.08 bits per heavy atom. The van der Waals surface area contributed by atoms with Crippen LogP contribution in [0.4, 0.5) is 4.39 Å². The Bertz CT molecular complexity index is 865. The highest BCUT2D eigenvalue weighted by Gasteiger charge is 2.30. The minimum Gasteiger partial charge on any atom is -0.296 e. The lowest BCUT2D eigenvalue weighted by Gasteiger charge is -2.34. The zero-order valence-corrected chi connectivity index (χ0v) is 15.5. The molecule has 1 aliphatic rings. The van der Waals surface area contributed by atoms with E-state index < -0.39 is 15.8 Å². The predicted octanol–water partition coefficient (Wildman–Crippen LogP) is 3.29. The van der Waals surface area contributed by atoms with Gasteiger partial charge in [0.1, 0.15) is 10.7 Å². The Morgan fingerprint density at radius 2 is 1.80 bits per heavy atom. The first-order valence-electron chi connectivity index (χ1n) is 8.09. The summed E-state index contributed by atoms with van der Waals surface area (Å²) in [5, 5.41) is 0.180. The summed E-state index contributed by atoms with van der Waals surface area (Å²) in [4.78, 5) is 1.89. The van der Waals surface area contributed by atoms with Crippen LogP contribution in [0.3, 0.4) is 0 Å². The standard InChI is InChI=1S/C18H20ClFN2O2S/c1-14-3-2-4-15(11-14)13-21-7-9-22(10-8-21)25(23,24)18-6-5-16(19)12-17(18)20/h2-6,11-12H,7-10,13H2,1H3. The van der Waals surface area contributed by atoms with Crippen LogP contribution < -0.4 is 0 Å². The van der Waals surface area contributed by atoms with Crippen molar-refractivity contribution in [1.82, 2.24) is 9.21 Å². The van der Waals surface area contributed by atoms with E-state index in [0.29, 0.717) is 26.2 Å². The summed E-state index contributed by atoms with van der Waals surface area (Å²) >= 11 is 5.70. The summed E-state index contributed by atoms with van der Waals surface area (Å²) < 4.78 is 40.6. The number of rotatable bonds is 4. The summed E-state index contributed by atoms with van der Waals surface area (Å²) in [7, 11) is -3.84. The SMILES string of the molecule is Cc1cccc(CN2CCN(S(=O)(=O)c3ccc(Cl)cc3F)CC2)c1. The van der Waals surface area contributed by atoms with Gasteiger partial charge in [0, 0.05) is 37.7 Å². The first kappa shape index (κ1) is 18.3. The Labute approximate surface area is 152 Å². The molecule has 2 aromatic rings. The van der Waals surface area contributed by atoms with E-state index in [1.165, 1.54) is 27.6 Å². The predicted molar refractivity (Wildman–Crippen MR) is 96.6 cm³/mol. The fourth-order valence-electron chi connectivity index (χ4n) is 3.02. The summed E-state index contributed by atoms with van der Waals surface area (Å²) in [5.74, 6) is -0.810. The molecule has 0 N–H and O–H groups in total. The van der Waals surface area contributed by atoms with Gasteiger partial charge < -0.3 is 0 Å². The lowest BCUT2D eigenvalue weighted by molar-refractivity contribution is 0.181. The Hall–Kier alpha value is -1.47.